The molecule has 0 bridgehead atoms. The molecule has 5 aromatic rings. The van der Waals surface area contributed by atoms with Crippen molar-refractivity contribution in [1.82, 2.24) is 35.3 Å². The number of hydrogen-bond donors (Lipinski definition) is 2. The van der Waals surface area contributed by atoms with Crippen molar-refractivity contribution in [2.45, 2.75) is 25.9 Å². The molecule has 2 unspecified atom stereocenters. The van der Waals surface area contributed by atoms with E-state index in [1.165, 1.54) is 13.3 Å². The fourth-order valence-corrected chi connectivity index (χ4v) is 5.21. The van der Waals surface area contributed by atoms with E-state index in [4.69, 9.17) is 9.47 Å². The number of methoxy groups -OCH3 is 1. The number of rotatable bonds is 6. The predicted molar refractivity (Wildman–Crippen MR) is 151 cm³/mol. The van der Waals surface area contributed by atoms with Gasteiger partial charge in [-0.1, -0.05) is 0 Å². The molecule has 1 amide bonds. The Hall–Kier alpha value is -4.84. The summed E-state index contributed by atoms with van der Waals surface area (Å²) >= 11 is 0. The lowest BCUT2D eigenvalue weighted by Crippen LogP contribution is -2.54. The number of aromatic nitrogens is 6. The summed E-state index contributed by atoms with van der Waals surface area (Å²) in [7, 11) is 3.34. The first-order valence-electron chi connectivity index (χ1n) is 13.0. The van der Waals surface area contributed by atoms with Crippen LogP contribution in [0, 0.1) is 0 Å². The van der Waals surface area contributed by atoms with E-state index in [-0.39, 0.29) is 11.9 Å². The number of hydrogen-bond acceptors (Lipinski definition) is 10. The van der Waals surface area contributed by atoms with Crippen LogP contribution in [0.15, 0.2) is 55.1 Å². The fourth-order valence-electron chi connectivity index (χ4n) is 5.21. The molecular weight excluding hydrogens is 510 g/mol. The molecule has 12 heteroatoms. The number of piperazine rings is 1. The van der Waals surface area contributed by atoms with Crippen molar-refractivity contribution in [2.24, 2.45) is 7.05 Å². The molecule has 0 aliphatic carbocycles. The zero-order valence-corrected chi connectivity index (χ0v) is 22.6. The molecule has 0 spiro atoms. The number of ether oxygens (including phenoxy) is 2. The van der Waals surface area contributed by atoms with Crippen molar-refractivity contribution in [1.29, 1.82) is 0 Å². The fraction of sp³-hybridized carbons (Fsp3) is 0.286. The highest BCUT2D eigenvalue weighted by atomic mass is 16.5. The Morgan fingerprint density at radius 1 is 1.07 bits per heavy atom. The van der Waals surface area contributed by atoms with Gasteiger partial charge in [-0.15, -0.1) is 0 Å². The van der Waals surface area contributed by atoms with Crippen LogP contribution in [0.5, 0.6) is 17.5 Å². The maximum Gasteiger partial charge on any atom is 0.316 e. The van der Waals surface area contributed by atoms with Crippen LogP contribution in [0.1, 0.15) is 24.2 Å². The zero-order chi connectivity index (χ0) is 27.8. The van der Waals surface area contributed by atoms with E-state index in [0.717, 1.165) is 29.5 Å². The number of carbonyl (C=O) groups is 1. The Morgan fingerprint density at radius 3 is 2.65 bits per heavy atom. The molecular formula is C28H29N9O3. The van der Waals surface area contributed by atoms with Gasteiger partial charge in [0.25, 0.3) is 5.91 Å². The Kier molecular flexibility index (Phi) is 6.60. The number of nitrogens with zero attached hydrogens (tertiary/aromatic N) is 7. The first-order valence-corrected chi connectivity index (χ1v) is 13.0. The van der Waals surface area contributed by atoms with E-state index in [1.807, 2.05) is 25.4 Å². The van der Waals surface area contributed by atoms with Gasteiger partial charge in [-0.05, 0) is 32.0 Å². The summed E-state index contributed by atoms with van der Waals surface area (Å²) < 4.78 is 13.1. The summed E-state index contributed by atoms with van der Waals surface area (Å²) in [6.07, 6.45) is 6.64. The monoisotopic (exact) mass is 539 g/mol. The second-order valence-electron chi connectivity index (χ2n) is 9.97. The Morgan fingerprint density at radius 2 is 1.90 bits per heavy atom. The van der Waals surface area contributed by atoms with Crippen LogP contribution in [0.4, 0.5) is 11.4 Å². The lowest BCUT2D eigenvalue weighted by molar-refractivity contribution is 0.102. The number of aryl methyl sites for hydroxylation is 1. The maximum atomic E-state index is 13.7. The van der Waals surface area contributed by atoms with Crippen molar-refractivity contribution >= 4 is 39.1 Å². The van der Waals surface area contributed by atoms with Gasteiger partial charge in [0.05, 0.1) is 30.6 Å². The Labute approximate surface area is 230 Å². The molecule has 1 saturated heterocycles. The van der Waals surface area contributed by atoms with E-state index in [1.54, 1.807) is 35.3 Å². The van der Waals surface area contributed by atoms with Gasteiger partial charge in [-0.2, -0.15) is 20.3 Å². The lowest BCUT2D eigenvalue weighted by Gasteiger charge is -2.38. The van der Waals surface area contributed by atoms with E-state index in [9.17, 15) is 4.79 Å². The summed E-state index contributed by atoms with van der Waals surface area (Å²) in [5.41, 5.74) is 3.10. The quantitative estimate of drug-likeness (QED) is 0.330. The topological polar surface area (TPSA) is 132 Å². The zero-order valence-electron chi connectivity index (χ0n) is 22.6. The van der Waals surface area contributed by atoms with E-state index >= 15 is 0 Å². The van der Waals surface area contributed by atoms with Crippen LogP contribution in [-0.4, -0.2) is 68.1 Å². The molecule has 2 aromatic carbocycles. The molecule has 2 N–H and O–H groups in total. The molecule has 1 aliphatic heterocycles. The number of amides is 1. The molecule has 6 rings (SSSR count). The second-order valence-corrected chi connectivity index (χ2v) is 9.97. The summed E-state index contributed by atoms with van der Waals surface area (Å²) in [5.74, 6) is 0.666. The highest BCUT2D eigenvalue weighted by molar-refractivity contribution is 6.14. The summed E-state index contributed by atoms with van der Waals surface area (Å²) in [6.45, 7) is 5.98. The van der Waals surface area contributed by atoms with Crippen molar-refractivity contribution < 1.29 is 14.3 Å². The van der Waals surface area contributed by atoms with Crippen LogP contribution in [-0.2, 0) is 7.05 Å². The highest BCUT2D eigenvalue weighted by Gasteiger charge is 2.25. The number of anilines is 2. The van der Waals surface area contributed by atoms with Crippen molar-refractivity contribution in [3.05, 3.63) is 60.7 Å². The van der Waals surface area contributed by atoms with Gasteiger partial charge < -0.3 is 25.0 Å². The normalized spacial score (nSPS) is 17.2. The third-order valence-electron chi connectivity index (χ3n) is 6.76. The molecule has 1 aliphatic rings. The summed E-state index contributed by atoms with van der Waals surface area (Å²) in [5, 5.41) is 20.3. The minimum absolute atomic E-state index is 0.194. The Balaban J connectivity index is 1.37. The number of nitrogens with one attached hydrogen (secondary N) is 2. The first-order chi connectivity index (χ1) is 19.4. The minimum atomic E-state index is -0.320. The lowest BCUT2D eigenvalue weighted by atomic mass is 10.0. The molecule has 4 heterocycles. The van der Waals surface area contributed by atoms with E-state index in [2.05, 4.69) is 54.6 Å². The maximum absolute atomic E-state index is 13.7. The average molecular weight is 540 g/mol. The molecule has 12 nitrogen and oxygen atoms in total. The van der Waals surface area contributed by atoms with Gasteiger partial charge in [-0.25, -0.2) is 4.98 Å². The molecule has 2 atom stereocenters. The molecule has 0 saturated carbocycles. The van der Waals surface area contributed by atoms with Crippen molar-refractivity contribution in [2.75, 3.05) is 30.4 Å². The third-order valence-corrected chi connectivity index (χ3v) is 6.76. The van der Waals surface area contributed by atoms with Gasteiger partial charge in [0.15, 0.2) is 5.75 Å². The van der Waals surface area contributed by atoms with Crippen LogP contribution in [0.25, 0.3) is 21.8 Å². The first kappa shape index (κ1) is 25.4. The number of carbonyl (C=O) groups excluding carboxylic acids is 1. The van der Waals surface area contributed by atoms with Crippen LogP contribution >= 0.6 is 0 Å². The van der Waals surface area contributed by atoms with Crippen LogP contribution in [0.3, 0.4) is 0 Å². The summed E-state index contributed by atoms with van der Waals surface area (Å²) in [4.78, 5) is 25.0. The average Bonchev–Trinajstić information content (AvgIpc) is 3.32. The second kappa shape index (κ2) is 10.4. The highest BCUT2D eigenvalue weighted by Crippen LogP contribution is 2.34. The molecule has 40 heavy (non-hydrogen) atoms. The molecule has 204 valence electrons. The third kappa shape index (κ3) is 4.96. The largest absolute Gasteiger partial charge is 0.467 e. The molecule has 1 fully saturated rings. The van der Waals surface area contributed by atoms with E-state index in [0.29, 0.717) is 45.9 Å². The molecule has 0 radical (unpaired) electrons. The van der Waals surface area contributed by atoms with Crippen molar-refractivity contribution in [3.63, 3.8) is 0 Å². The number of fused-ring (bicyclic) bond motifs is 2. The molecule has 3 aromatic heterocycles. The SMILES string of the molecule is COc1ncc2c(N3CC(C)NC(C)C3)ccc(C(=O)Nc3cc(Oc4ccnnc4)c4nn(C)cc4c3)c2n1. The Bertz CT molecular complexity index is 1700. The van der Waals surface area contributed by atoms with E-state index < -0.39 is 0 Å². The number of benzene rings is 2. The summed E-state index contributed by atoms with van der Waals surface area (Å²) in [6, 6.07) is 9.90. The van der Waals surface area contributed by atoms with Gasteiger partial charge >= 0.3 is 6.01 Å². The van der Waals surface area contributed by atoms with Crippen LogP contribution < -0.4 is 25.0 Å². The standard InChI is InChI=1S/C28H29N9O3/c1-16-13-37(14-17(2)32-16)23-6-5-21(26-22(23)12-29-28(34-26)39-4)27(38)33-19-9-18-15-36(3)35-25(18)24(10-19)40-20-7-8-30-31-11-20/h5-12,15-17,32H,13-14H2,1-4H3,(H,33,38). The van der Waals surface area contributed by atoms with Crippen LogP contribution in [0.2, 0.25) is 0 Å². The minimum Gasteiger partial charge on any atom is -0.467 e. The predicted octanol–water partition coefficient (Wildman–Crippen LogP) is 3.55. The smallest absolute Gasteiger partial charge is 0.316 e. The van der Waals surface area contributed by atoms with Gasteiger partial charge in [0, 0.05) is 78.9 Å². The van der Waals surface area contributed by atoms with Crippen molar-refractivity contribution in [3.8, 4) is 17.5 Å². The van der Waals surface area contributed by atoms with Gasteiger partial charge in [0.1, 0.15) is 11.3 Å². The van der Waals surface area contributed by atoms with Gasteiger partial charge in [-0.3, -0.25) is 9.48 Å². The van der Waals surface area contributed by atoms with Gasteiger partial charge in [0.2, 0.25) is 0 Å².